The zero-order valence-electron chi connectivity index (χ0n) is 9.45. The monoisotopic (exact) mass is 226 g/mol. The number of rotatable bonds is 3. The van der Waals surface area contributed by atoms with E-state index in [-0.39, 0.29) is 23.8 Å². The molecule has 2 aliphatic rings. The molecule has 1 aliphatic carbocycles. The van der Waals surface area contributed by atoms with E-state index in [2.05, 4.69) is 5.32 Å². The van der Waals surface area contributed by atoms with Gasteiger partial charge in [0.25, 0.3) is 0 Å². The van der Waals surface area contributed by atoms with Gasteiger partial charge in [-0.2, -0.15) is 0 Å². The minimum Gasteiger partial charge on any atom is -0.480 e. The van der Waals surface area contributed by atoms with E-state index >= 15 is 0 Å². The van der Waals surface area contributed by atoms with Crippen molar-refractivity contribution in [1.82, 2.24) is 5.32 Å². The fraction of sp³-hybridized carbons (Fsp3) is 0.818. The van der Waals surface area contributed by atoms with E-state index in [0.717, 1.165) is 25.7 Å². The minimum absolute atomic E-state index is 0.0300. The Morgan fingerprint density at radius 2 is 2.31 bits per heavy atom. The second kappa shape index (κ2) is 3.45. The van der Waals surface area contributed by atoms with Crippen molar-refractivity contribution in [3.63, 3.8) is 0 Å². The molecule has 1 saturated heterocycles. The predicted molar refractivity (Wildman–Crippen MR) is 57.7 cm³/mol. The summed E-state index contributed by atoms with van der Waals surface area (Å²) in [6, 6.07) is 0. The van der Waals surface area contributed by atoms with Crippen LogP contribution in [0.2, 0.25) is 0 Å². The summed E-state index contributed by atoms with van der Waals surface area (Å²) in [5.41, 5.74) is 4.33. The third kappa shape index (κ3) is 1.80. The van der Waals surface area contributed by atoms with Crippen LogP contribution in [0.1, 0.15) is 39.0 Å². The second-order valence-corrected chi connectivity index (χ2v) is 5.45. The summed E-state index contributed by atoms with van der Waals surface area (Å²) in [4.78, 5) is 22.6. The van der Waals surface area contributed by atoms with Gasteiger partial charge in [-0.3, -0.25) is 9.59 Å². The molecular formula is C11H18N2O3. The molecule has 2 rings (SSSR count). The molecule has 5 nitrogen and oxygen atoms in total. The van der Waals surface area contributed by atoms with Gasteiger partial charge in [0.1, 0.15) is 5.54 Å². The number of aliphatic carboxylic acids is 1. The molecule has 1 heterocycles. The standard InChI is InChI=1S/C11H18N2O3/c1-10(12,9(15)16)5-7-6-11(3-2-4-11)13-8(7)14/h7H,2-6,12H2,1H3,(H,13,14)(H,15,16). The van der Waals surface area contributed by atoms with Crippen molar-refractivity contribution in [2.45, 2.75) is 50.1 Å². The highest BCUT2D eigenvalue weighted by Crippen LogP contribution is 2.43. The van der Waals surface area contributed by atoms with Crippen LogP contribution in [0.5, 0.6) is 0 Å². The number of carbonyl (C=O) groups is 2. The SMILES string of the molecule is CC(N)(CC1CC2(CCC2)NC1=O)C(=O)O. The van der Waals surface area contributed by atoms with Crippen LogP contribution >= 0.6 is 0 Å². The molecule has 2 fully saturated rings. The van der Waals surface area contributed by atoms with E-state index < -0.39 is 11.5 Å². The van der Waals surface area contributed by atoms with Crippen LogP contribution in [-0.4, -0.2) is 28.1 Å². The van der Waals surface area contributed by atoms with Gasteiger partial charge in [-0.05, 0) is 39.0 Å². The van der Waals surface area contributed by atoms with E-state index in [1.165, 1.54) is 6.92 Å². The zero-order chi connectivity index (χ0) is 12.0. The predicted octanol–water partition coefficient (Wildman–Crippen LogP) is 0.237. The first-order valence-corrected chi connectivity index (χ1v) is 5.69. The average Bonchev–Trinajstić information content (AvgIpc) is 2.42. The molecule has 2 unspecified atom stereocenters. The first kappa shape index (κ1) is 11.4. The maximum atomic E-state index is 11.7. The number of carboxylic acids is 1. The first-order valence-electron chi connectivity index (χ1n) is 5.69. The molecule has 90 valence electrons. The molecular weight excluding hydrogens is 208 g/mol. The number of amides is 1. The van der Waals surface area contributed by atoms with E-state index in [4.69, 9.17) is 10.8 Å². The number of carbonyl (C=O) groups excluding carboxylic acids is 1. The van der Waals surface area contributed by atoms with Crippen LogP contribution in [0, 0.1) is 5.92 Å². The third-order valence-corrected chi connectivity index (χ3v) is 3.87. The molecule has 1 saturated carbocycles. The Morgan fingerprint density at radius 1 is 1.69 bits per heavy atom. The van der Waals surface area contributed by atoms with Crippen molar-refractivity contribution in [3.8, 4) is 0 Å². The van der Waals surface area contributed by atoms with Gasteiger partial charge >= 0.3 is 5.97 Å². The molecule has 1 amide bonds. The van der Waals surface area contributed by atoms with E-state index in [0.29, 0.717) is 0 Å². The Balaban J connectivity index is 2.01. The number of carboxylic acid groups (broad SMARTS) is 1. The summed E-state index contributed by atoms with van der Waals surface area (Å²) in [5, 5.41) is 11.9. The summed E-state index contributed by atoms with van der Waals surface area (Å²) in [6.45, 7) is 1.47. The Bertz CT molecular complexity index is 334. The quantitative estimate of drug-likeness (QED) is 0.642. The molecule has 2 atom stereocenters. The normalized spacial score (nSPS) is 30.6. The fourth-order valence-electron chi connectivity index (χ4n) is 2.68. The highest BCUT2D eigenvalue weighted by molar-refractivity contribution is 5.84. The topological polar surface area (TPSA) is 92.4 Å². The molecule has 0 aromatic heterocycles. The van der Waals surface area contributed by atoms with Gasteiger partial charge in [-0.15, -0.1) is 0 Å². The molecule has 5 heteroatoms. The summed E-state index contributed by atoms with van der Waals surface area (Å²) < 4.78 is 0. The van der Waals surface area contributed by atoms with Crippen LogP contribution in [0.4, 0.5) is 0 Å². The van der Waals surface area contributed by atoms with E-state index in [9.17, 15) is 9.59 Å². The van der Waals surface area contributed by atoms with Crippen LogP contribution in [0.15, 0.2) is 0 Å². The Morgan fingerprint density at radius 3 is 2.69 bits per heavy atom. The average molecular weight is 226 g/mol. The number of hydrogen-bond acceptors (Lipinski definition) is 3. The molecule has 0 bridgehead atoms. The Hall–Kier alpha value is -1.10. The smallest absolute Gasteiger partial charge is 0.323 e. The van der Waals surface area contributed by atoms with Crippen molar-refractivity contribution in [2.24, 2.45) is 11.7 Å². The maximum Gasteiger partial charge on any atom is 0.323 e. The molecule has 4 N–H and O–H groups in total. The zero-order valence-corrected chi connectivity index (χ0v) is 9.45. The summed E-state index contributed by atoms with van der Waals surface area (Å²) in [7, 11) is 0. The largest absolute Gasteiger partial charge is 0.480 e. The highest BCUT2D eigenvalue weighted by atomic mass is 16.4. The van der Waals surface area contributed by atoms with Gasteiger partial charge in [0, 0.05) is 11.5 Å². The molecule has 0 radical (unpaired) electrons. The van der Waals surface area contributed by atoms with Crippen molar-refractivity contribution in [2.75, 3.05) is 0 Å². The lowest BCUT2D eigenvalue weighted by Gasteiger charge is -2.38. The summed E-state index contributed by atoms with van der Waals surface area (Å²) >= 11 is 0. The number of nitrogens with one attached hydrogen (secondary N) is 1. The second-order valence-electron chi connectivity index (χ2n) is 5.45. The van der Waals surface area contributed by atoms with Gasteiger partial charge < -0.3 is 16.2 Å². The van der Waals surface area contributed by atoms with Crippen molar-refractivity contribution < 1.29 is 14.7 Å². The summed E-state index contributed by atoms with van der Waals surface area (Å²) in [5.74, 6) is -1.32. The first-order chi connectivity index (χ1) is 7.35. The Labute approximate surface area is 94.4 Å². The molecule has 1 aliphatic heterocycles. The van der Waals surface area contributed by atoms with Gasteiger partial charge in [0.15, 0.2) is 0 Å². The van der Waals surface area contributed by atoms with Gasteiger partial charge in [-0.25, -0.2) is 0 Å². The minimum atomic E-state index is -1.31. The Kier molecular flexibility index (Phi) is 2.45. The lowest BCUT2D eigenvalue weighted by molar-refractivity contribution is -0.143. The summed E-state index contributed by atoms with van der Waals surface area (Å²) in [6.07, 6.45) is 4.14. The number of nitrogens with two attached hydrogens (primary N) is 1. The van der Waals surface area contributed by atoms with Crippen molar-refractivity contribution in [3.05, 3.63) is 0 Å². The highest BCUT2D eigenvalue weighted by Gasteiger charge is 2.49. The van der Waals surface area contributed by atoms with Gasteiger partial charge in [0.05, 0.1) is 0 Å². The van der Waals surface area contributed by atoms with E-state index in [1.807, 2.05) is 0 Å². The third-order valence-electron chi connectivity index (χ3n) is 3.87. The molecule has 1 spiro atoms. The van der Waals surface area contributed by atoms with Crippen LogP contribution in [0.25, 0.3) is 0 Å². The maximum absolute atomic E-state index is 11.7. The van der Waals surface area contributed by atoms with Gasteiger partial charge in [-0.1, -0.05) is 0 Å². The molecule has 16 heavy (non-hydrogen) atoms. The fourth-order valence-corrected chi connectivity index (χ4v) is 2.68. The molecule has 0 aromatic carbocycles. The lowest BCUT2D eigenvalue weighted by Crippen LogP contribution is -2.47. The molecule has 0 aromatic rings. The van der Waals surface area contributed by atoms with Crippen molar-refractivity contribution in [1.29, 1.82) is 0 Å². The number of hydrogen-bond donors (Lipinski definition) is 3. The van der Waals surface area contributed by atoms with Crippen LogP contribution < -0.4 is 11.1 Å². The lowest BCUT2D eigenvalue weighted by atomic mass is 9.73. The van der Waals surface area contributed by atoms with Crippen LogP contribution in [-0.2, 0) is 9.59 Å². The van der Waals surface area contributed by atoms with E-state index in [1.54, 1.807) is 0 Å². The van der Waals surface area contributed by atoms with Crippen LogP contribution in [0.3, 0.4) is 0 Å². The van der Waals surface area contributed by atoms with Crippen molar-refractivity contribution >= 4 is 11.9 Å². The van der Waals surface area contributed by atoms with Gasteiger partial charge in [0.2, 0.25) is 5.91 Å².